The smallest absolute Gasteiger partial charge is 0.242 e. The second-order valence-electron chi connectivity index (χ2n) is 5.53. The van der Waals surface area contributed by atoms with Gasteiger partial charge in [0.1, 0.15) is 4.90 Å². The Balaban J connectivity index is 2.29. The molecule has 1 aliphatic heterocycles. The molecule has 1 aromatic rings. The van der Waals surface area contributed by atoms with E-state index >= 15 is 0 Å². The van der Waals surface area contributed by atoms with Gasteiger partial charge in [0.2, 0.25) is 15.9 Å². The number of nitrogens with zero attached hydrogens (tertiary/aromatic N) is 1. The van der Waals surface area contributed by atoms with E-state index in [-0.39, 0.29) is 16.5 Å². The van der Waals surface area contributed by atoms with E-state index < -0.39 is 15.4 Å². The quantitative estimate of drug-likeness (QED) is 0.670. The number of rotatable bonds is 4. The second-order valence-corrected chi connectivity index (χ2v) is 7.38. The van der Waals surface area contributed by atoms with Crippen LogP contribution in [-0.4, -0.2) is 34.5 Å². The highest BCUT2D eigenvalue weighted by molar-refractivity contribution is 7.89. The molecule has 1 unspecified atom stereocenters. The lowest BCUT2D eigenvalue weighted by molar-refractivity contribution is -0.125. The summed E-state index contributed by atoms with van der Waals surface area (Å²) in [7, 11) is -2.24. The molecule has 1 amide bonds. The predicted octanol–water partition coefficient (Wildman–Crippen LogP) is -0.121. The summed E-state index contributed by atoms with van der Waals surface area (Å²) >= 11 is 0. The number of sulfonamides is 1. The number of benzene rings is 1. The normalized spacial score (nSPS) is 22.5. The first kappa shape index (κ1) is 15.6. The number of carbonyl (C=O) groups excluding carboxylic acids is 1. The predicted molar refractivity (Wildman–Crippen MR) is 81.2 cm³/mol. The highest BCUT2D eigenvalue weighted by atomic mass is 32.2. The van der Waals surface area contributed by atoms with Gasteiger partial charge in [-0.2, -0.15) is 0 Å². The van der Waals surface area contributed by atoms with Crippen molar-refractivity contribution in [1.82, 2.24) is 4.72 Å². The van der Waals surface area contributed by atoms with Crippen LogP contribution < -0.4 is 21.1 Å². The Hall–Kier alpha value is -1.80. The van der Waals surface area contributed by atoms with Gasteiger partial charge >= 0.3 is 0 Å². The van der Waals surface area contributed by atoms with Crippen LogP contribution in [0.4, 0.5) is 11.4 Å². The summed E-state index contributed by atoms with van der Waals surface area (Å²) in [5.74, 6) is -0.327. The van der Waals surface area contributed by atoms with Crippen molar-refractivity contribution in [3.63, 3.8) is 0 Å². The zero-order valence-electron chi connectivity index (χ0n) is 12.1. The Morgan fingerprint density at radius 3 is 2.57 bits per heavy atom. The molecule has 0 saturated carbocycles. The number of nitrogen functional groups attached to an aromatic ring is 1. The van der Waals surface area contributed by atoms with Crippen LogP contribution >= 0.6 is 0 Å². The van der Waals surface area contributed by atoms with Crippen molar-refractivity contribution in [3.05, 3.63) is 18.2 Å². The van der Waals surface area contributed by atoms with Crippen molar-refractivity contribution in [2.45, 2.75) is 18.2 Å². The van der Waals surface area contributed by atoms with Crippen LogP contribution in [-0.2, 0) is 14.8 Å². The first-order valence-corrected chi connectivity index (χ1v) is 8.06. The lowest BCUT2D eigenvalue weighted by atomic mass is 9.89. The summed E-state index contributed by atoms with van der Waals surface area (Å²) in [6.07, 6.45) is 0.665. The Morgan fingerprint density at radius 1 is 1.43 bits per heavy atom. The zero-order valence-corrected chi connectivity index (χ0v) is 12.9. The van der Waals surface area contributed by atoms with E-state index in [1.165, 1.54) is 13.1 Å². The number of nitrogens with one attached hydrogen (secondary N) is 1. The average Bonchev–Trinajstić information content (AvgIpc) is 2.82. The van der Waals surface area contributed by atoms with Gasteiger partial charge in [-0.3, -0.25) is 4.79 Å². The molecule has 0 bridgehead atoms. The minimum absolute atomic E-state index is 0.0469. The van der Waals surface area contributed by atoms with Crippen LogP contribution in [0.15, 0.2) is 23.1 Å². The first-order chi connectivity index (χ1) is 9.69. The standard InChI is InChI=1S/C13H20N4O3S/c1-13(12(15)18)5-6-17(8-13)9-3-4-11(10(14)7-9)21(19,20)16-2/h3-4,7,16H,5-6,8,14H2,1-2H3,(H2,15,18). The summed E-state index contributed by atoms with van der Waals surface area (Å²) in [6.45, 7) is 3.01. The Labute approximate surface area is 124 Å². The van der Waals surface area contributed by atoms with E-state index in [1.807, 2.05) is 11.8 Å². The minimum Gasteiger partial charge on any atom is -0.398 e. The third kappa shape index (κ3) is 2.81. The SMILES string of the molecule is CNS(=O)(=O)c1ccc(N2CCC(C)(C(N)=O)C2)cc1N. The number of hydrogen-bond acceptors (Lipinski definition) is 5. The summed E-state index contributed by atoms with van der Waals surface area (Å²) in [5, 5.41) is 0. The van der Waals surface area contributed by atoms with Crippen LogP contribution in [0.3, 0.4) is 0 Å². The molecule has 0 spiro atoms. The van der Waals surface area contributed by atoms with Crippen molar-refractivity contribution >= 4 is 27.3 Å². The van der Waals surface area contributed by atoms with Gasteiger partial charge in [-0.25, -0.2) is 13.1 Å². The summed E-state index contributed by atoms with van der Waals surface area (Å²) in [4.78, 5) is 13.5. The summed E-state index contributed by atoms with van der Waals surface area (Å²) in [6, 6.07) is 4.76. The van der Waals surface area contributed by atoms with Gasteiger partial charge in [0.15, 0.2) is 0 Å². The maximum atomic E-state index is 11.8. The van der Waals surface area contributed by atoms with Crippen LogP contribution in [0.1, 0.15) is 13.3 Å². The van der Waals surface area contributed by atoms with Gasteiger partial charge in [-0.05, 0) is 38.6 Å². The molecule has 2 rings (SSSR count). The largest absolute Gasteiger partial charge is 0.398 e. The van der Waals surface area contributed by atoms with E-state index in [4.69, 9.17) is 11.5 Å². The molecule has 0 aliphatic carbocycles. The minimum atomic E-state index is -3.57. The second kappa shape index (κ2) is 5.19. The number of primary amides is 1. The molecule has 1 fully saturated rings. The highest BCUT2D eigenvalue weighted by Crippen LogP contribution is 2.34. The molecular weight excluding hydrogens is 292 g/mol. The van der Waals surface area contributed by atoms with Crippen LogP contribution in [0, 0.1) is 5.41 Å². The molecule has 1 aliphatic rings. The zero-order chi connectivity index (χ0) is 15.8. The monoisotopic (exact) mass is 312 g/mol. The number of carbonyl (C=O) groups is 1. The molecule has 1 aromatic carbocycles. The van der Waals surface area contributed by atoms with Gasteiger partial charge in [0, 0.05) is 18.8 Å². The van der Waals surface area contributed by atoms with Crippen LogP contribution in [0.2, 0.25) is 0 Å². The summed E-state index contributed by atoms with van der Waals surface area (Å²) < 4.78 is 25.8. The number of nitrogens with two attached hydrogens (primary N) is 2. The van der Waals surface area contributed by atoms with Crippen molar-refractivity contribution in [2.24, 2.45) is 11.1 Å². The Bertz CT molecular complexity index is 674. The lowest BCUT2D eigenvalue weighted by Gasteiger charge is -2.23. The van der Waals surface area contributed by atoms with E-state index in [9.17, 15) is 13.2 Å². The van der Waals surface area contributed by atoms with Gasteiger partial charge in [-0.1, -0.05) is 0 Å². The lowest BCUT2D eigenvalue weighted by Crippen LogP contribution is -2.37. The average molecular weight is 312 g/mol. The molecule has 1 saturated heterocycles. The Morgan fingerprint density at radius 2 is 2.10 bits per heavy atom. The van der Waals surface area contributed by atoms with E-state index in [0.717, 1.165) is 5.69 Å². The fourth-order valence-electron chi connectivity index (χ4n) is 2.47. The molecule has 8 heteroatoms. The van der Waals surface area contributed by atoms with Crippen LogP contribution in [0.25, 0.3) is 0 Å². The summed E-state index contributed by atoms with van der Waals surface area (Å²) in [5.41, 5.74) is 11.7. The first-order valence-electron chi connectivity index (χ1n) is 6.57. The maximum absolute atomic E-state index is 11.8. The molecule has 1 atom stereocenters. The molecule has 1 heterocycles. The third-order valence-corrected chi connectivity index (χ3v) is 5.47. The highest BCUT2D eigenvalue weighted by Gasteiger charge is 2.39. The molecule has 116 valence electrons. The maximum Gasteiger partial charge on any atom is 0.242 e. The molecule has 7 nitrogen and oxygen atoms in total. The fourth-order valence-corrected chi connectivity index (χ4v) is 3.31. The van der Waals surface area contributed by atoms with Gasteiger partial charge in [0.25, 0.3) is 0 Å². The molecule has 0 aromatic heterocycles. The van der Waals surface area contributed by atoms with E-state index in [2.05, 4.69) is 4.72 Å². The fraction of sp³-hybridized carbons (Fsp3) is 0.462. The molecular formula is C13H20N4O3S. The van der Waals surface area contributed by atoms with Gasteiger partial charge in [-0.15, -0.1) is 0 Å². The van der Waals surface area contributed by atoms with E-state index in [1.54, 1.807) is 12.1 Å². The van der Waals surface area contributed by atoms with Crippen molar-refractivity contribution in [2.75, 3.05) is 30.8 Å². The molecule has 5 N–H and O–H groups in total. The van der Waals surface area contributed by atoms with Crippen LogP contribution in [0.5, 0.6) is 0 Å². The number of amides is 1. The number of anilines is 2. The van der Waals surface area contributed by atoms with Gasteiger partial charge < -0.3 is 16.4 Å². The van der Waals surface area contributed by atoms with Crippen molar-refractivity contribution < 1.29 is 13.2 Å². The topological polar surface area (TPSA) is 119 Å². The molecule has 0 radical (unpaired) electrons. The third-order valence-electron chi connectivity index (χ3n) is 3.98. The van der Waals surface area contributed by atoms with Crippen molar-refractivity contribution in [1.29, 1.82) is 0 Å². The van der Waals surface area contributed by atoms with Gasteiger partial charge in [0.05, 0.1) is 11.1 Å². The Kier molecular flexibility index (Phi) is 3.85. The number of hydrogen-bond donors (Lipinski definition) is 3. The molecule has 21 heavy (non-hydrogen) atoms. The van der Waals surface area contributed by atoms with Crippen molar-refractivity contribution in [3.8, 4) is 0 Å². The van der Waals surface area contributed by atoms with E-state index in [0.29, 0.717) is 19.5 Å².